The molecule has 1 aliphatic carbocycles. The van der Waals surface area contributed by atoms with Crippen molar-refractivity contribution >= 4 is 54.8 Å². The fourth-order valence-corrected chi connectivity index (χ4v) is 5.57. The molecule has 1 aliphatic rings. The Balaban J connectivity index is 1.48. The summed E-state index contributed by atoms with van der Waals surface area (Å²) in [7, 11) is 0. The van der Waals surface area contributed by atoms with Gasteiger partial charge in [0.25, 0.3) is 0 Å². The number of benzene rings is 4. The summed E-state index contributed by atoms with van der Waals surface area (Å²) in [6.07, 6.45) is 7.50. The molecule has 2 heterocycles. The summed E-state index contributed by atoms with van der Waals surface area (Å²) in [5.41, 5.74) is 9.24. The molecule has 0 saturated carbocycles. The molecule has 0 bridgehead atoms. The summed E-state index contributed by atoms with van der Waals surface area (Å²) in [6.45, 7) is 0. The fourth-order valence-electron chi connectivity index (χ4n) is 5.16. The van der Waals surface area contributed by atoms with Crippen LogP contribution in [0.4, 0.5) is 0 Å². The quantitative estimate of drug-likeness (QED) is 0.231. The highest BCUT2D eigenvalue weighted by molar-refractivity contribution is 9.12. The van der Waals surface area contributed by atoms with Crippen LogP contribution in [0.25, 0.3) is 55.7 Å². The van der Waals surface area contributed by atoms with Gasteiger partial charge in [0.2, 0.25) is 0 Å². The van der Waals surface area contributed by atoms with Gasteiger partial charge in [-0.25, -0.2) is 0 Å². The molecule has 2 nitrogen and oxygen atoms in total. The third-order valence-corrected chi connectivity index (χ3v) is 7.20. The standard InChI is InChI=1S/C31H20BrNO/c32-22-7-6-11-28-26(19-22)25-17-20(13-15-29(25)33(28)23-8-2-1-3-9-23)21-14-16-31-27(18-21)24-10-4-5-12-30(24)34-31/h1-10,12-19H,11H2. The van der Waals surface area contributed by atoms with E-state index >= 15 is 0 Å². The number of halogens is 1. The second-order valence-corrected chi connectivity index (χ2v) is 9.62. The number of furan rings is 1. The van der Waals surface area contributed by atoms with Crippen LogP contribution in [-0.2, 0) is 6.42 Å². The van der Waals surface area contributed by atoms with E-state index in [9.17, 15) is 0 Å². The van der Waals surface area contributed by atoms with E-state index in [0.717, 1.165) is 32.8 Å². The number of hydrogen-bond acceptors (Lipinski definition) is 1. The van der Waals surface area contributed by atoms with Gasteiger partial charge in [0.15, 0.2) is 0 Å². The first-order valence-corrected chi connectivity index (χ1v) is 12.2. The Morgan fingerprint density at radius 2 is 1.44 bits per heavy atom. The van der Waals surface area contributed by atoms with Gasteiger partial charge < -0.3 is 8.98 Å². The lowest BCUT2D eigenvalue weighted by molar-refractivity contribution is 0.669. The van der Waals surface area contributed by atoms with Crippen LogP contribution < -0.4 is 0 Å². The molecule has 0 saturated heterocycles. The largest absolute Gasteiger partial charge is 0.456 e. The van der Waals surface area contributed by atoms with E-state index in [1.807, 2.05) is 12.1 Å². The minimum atomic E-state index is 0.882. The molecule has 34 heavy (non-hydrogen) atoms. The van der Waals surface area contributed by atoms with E-state index in [-0.39, 0.29) is 0 Å². The smallest absolute Gasteiger partial charge is 0.135 e. The summed E-state index contributed by atoms with van der Waals surface area (Å²) < 4.78 is 9.53. The molecule has 7 rings (SSSR count). The Morgan fingerprint density at radius 1 is 0.706 bits per heavy atom. The monoisotopic (exact) mass is 501 g/mol. The number of nitrogens with zero attached hydrogens (tertiary/aromatic N) is 1. The normalized spacial score (nSPS) is 13.4. The van der Waals surface area contributed by atoms with Crippen molar-refractivity contribution in [3.05, 3.63) is 119 Å². The molecule has 0 amide bonds. The summed E-state index contributed by atoms with van der Waals surface area (Å²) in [4.78, 5) is 0. The molecule has 6 aromatic rings. The van der Waals surface area contributed by atoms with E-state index < -0.39 is 0 Å². The zero-order valence-electron chi connectivity index (χ0n) is 18.3. The highest BCUT2D eigenvalue weighted by Gasteiger charge is 2.19. The minimum absolute atomic E-state index is 0.882. The Kier molecular flexibility index (Phi) is 4.39. The van der Waals surface area contributed by atoms with Crippen molar-refractivity contribution < 1.29 is 4.42 Å². The number of allylic oxidation sites excluding steroid dienone is 3. The van der Waals surface area contributed by atoms with E-state index in [0.29, 0.717) is 0 Å². The molecule has 0 aliphatic heterocycles. The van der Waals surface area contributed by atoms with Gasteiger partial charge in [-0.1, -0.05) is 76.6 Å². The lowest BCUT2D eigenvalue weighted by Gasteiger charge is -2.10. The predicted molar refractivity (Wildman–Crippen MR) is 146 cm³/mol. The molecule has 0 radical (unpaired) electrons. The molecule has 2 aromatic heterocycles. The van der Waals surface area contributed by atoms with Crippen molar-refractivity contribution in [2.24, 2.45) is 0 Å². The van der Waals surface area contributed by atoms with Gasteiger partial charge >= 0.3 is 0 Å². The first-order chi connectivity index (χ1) is 16.8. The van der Waals surface area contributed by atoms with Crippen molar-refractivity contribution in [2.45, 2.75) is 6.42 Å². The van der Waals surface area contributed by atoms with Gasteiger partial charge in [-0.15, -0.1) is 0 Å². The highest BCUT2D eigenvalue weighted by atomic mass is 79.9. The van der Waals surface area contributed by atoms with Crippen LogP contribution in [-0.4, -0.2) is 4.57 Å². The van der Waals surface area contributed by atoms with Gasteiger partial charge in [-0.2, -0.15) is 0 Å². The Bertz CT molecular complexity index is 1780. The maximum Gasteiger partial charge on any atom is 0.135 e. The molecule has 0 spiro atoms. The van der Waals surface area contributed by atoms with E-state index in [2.05, 4.69) is 118 Å². The third-order valence-electron chi connectivity index (χ3n) is 6.70. The average Bonchev–Trinajstić information content (AvgIpc) is 3.32. The van der Waals surface area contributed by atoms with Crippen molar-refractivity contribution in [1.82, 2.24) is 4.57 Å². The maximum atomic E-state index is 6.04. The summed E-state index contributed by atoms with van der Waals surface area (Å²) >= 11 is 3.72. The molecule has 3 heteroatoms. The molecule has 0 unspecified atom stereocenters. The second-order valence-electron chi connectivity index (χ2n) is 8.71. The molecule has 0 atom stereocenters. The Morgan fingerprint density at radius 3 is 2.32 bits per heavy atom. The second kappa shape index (κ2) is 7.61. The van der Waals surface area contributed by atoms with Crippen molar-refractivity contribution in [3.63, 3.8) is 0 Å². The van der Waals surface area contributed by atoms with Crippen LogP contribution in [0.5, 0.6) is 0 Å². The Hall–Kier alpha value is -3.82. The topological polar surface area (TPSA) is 18.1 Å². The summed E-state index contributed by atoms with van der Waals surface area (Å²) in [6, 6.07) is 32.2. The van der Waals surface area contributed by atoms with Crippen LogP contribution in [0.2, 0.25) is 0 Å². The summed E-state index contributed by atoms with van der Waals surface area (Å²) in [5.74, 6) is 0. The van der Waals surface area contributed by atoms with Crippen molar-refractivity contribution in [3.8, 4) is 16.8 Å². The lowest BCUT2D eigenvalue weighted by Crippen LogP contribution is -1.99. The predicted octanol–water partition coefficient (Wildman–Crippen LogP) is 9.04. The number of hydrogen-bond donors (Lipinski definition) is 0. The van der Waals surface area contributed by atoms with Crippen LogP contribution in [0, 0.1) is 0 Å². The molecular weight excluding hydrogens is 482 g/mol. The summed E-state index contributed by atoms with van der Waals surface area (Å²) in [5, 5.41) is 3.57. The minimum Gasteiger partial charge on any atom is -0.456 e. The van der Waals surface area contributed by atoms with Crippen molar-refractivity contribution in [1.29, 1.82) is 0 Å². The lowest BCUT2D eigenvalue weighted by atomic mass is 10.00. The zero-order valence-corrected chi connectivity index (χ0v) is 19.9. The first kappa shape index (κ1) is 19.6. The maximum absolute atomic E-state index is 6.04. The van der Waals surface area contributed by atoms with Crippen LogP contribution >= 0.6 is 15.9 Å². The SMILES string of the molecule is BrC1=Cc2c(n(-c3ccccc3)c3ccc(-c4ccc5oc6ccccc6c5c4)cc23)CC=C1. The molecule has 162 valence electrons. The van der Waals surface area contributed by atoms with E-state index in [1.165, 1.54) is 39.0 Å². The average molecular weight is 502 g/mol. The van der Waals surface area contributed by atoms with Gasteiger partial charge in [0, 0.05) is 44.0 Å². The van der Waals surface area contributed by atoms with Gasteiger partial charge in [0.05, 0.1) is 5.52 Å². The van der Waals surface area contributed by atoms with Gasteiger partial charge in [-0.3, -0.25) is 0 Å². The van der Waals surface area contributed by atoms with Crippen LogP contribution in [0.1, 0.15) is 11.3 Å². The number of para-hydroxylation sites is 2. The zero-order chi connectivity index (χ0) is 22.6. The molecular formula is C31H20BrNO. The van der Waals surface area contributed by atoms with Crippen molar-refractivity contribution in [2.75, 3.05) is 0 Å². The van der Waals surface area contributed by atoms with E-state index in [4.69, 9.17) is 4.42 Å². The van der Waals surface area contributed by atoms with Gasteiger partial charge in [-0.05, 0) is 59.7 Å². The first-order valence-electron chi connectivity index (χ1n) is 11.4. The van der Waals surface area contributed by atoms with Crippen LogP contribution in [0.3, 0.4) is 0 Å². The van der Waals surface area contributed by atoms with E-state index in [1.54, 1.807) is 0 Å². The fraction of sp³-hybridized carbons (Fsp3) is 0.0323. The third kappa shape index (κ3) is 3.01. The van der Waals surface area contributed by atoms with Gasteiger partial charge in [0.1, 0.15) is 11.2 Å². The van der Waals surface area contributed by atoms with Crippen LogP contribution in [0.15, 0.2) is 112 Å². The molecule has 0 N–H and O–H groups in total. The molecule has 0 fully saturated rings. The Labute approximate surface area is 205 Å². The number of aromatic nitrogens is 1. The highest BCUT2D eigenvalue weighted by Crippen LogP contribution is 2.38. The number of rotatable bonds is 2. The molecule has 4 aromatic carbocycles. The number of fused-ring (bicyclic) bond motifs is 6.